The topological polar surface area (TPSA) is 96.1 Å². The van der Waals surface area contributed by atoms with Crippen molar-refractivity contribution in [3.05, 3.63) is 11.4 Å². The molecule has 1 aromatic heterocycles. The minimum absolute atomic E-state index is 0.139. The summed E-state index contributed by atoms with van der Waals surface area (Å²) in [5, 5.41) is 12.7. The molecule has 18 heavy (non-hydrogen) atoms. The molecule has 2 aliphatic rings. The summed E-state index contributed by atoms with van der Waals surface area (Å²) in [5.74, 6) is 8.30. The zero-order chi connectivity index (χ0) is 12.8. The molecule has 6 nitrogen and oxygen atoms in total. The molecule has 1 aromatic rings. The highest BCUT2D eigenvalue weighted by atomic mass is 16.3. The number of nitrogens with two attached hydrogens (primary N) is 1. The molecule has 0 saturated heterocycles. The van der Waals surface area contributed by atoms with Crippen LogP contribution in [0.2, 0.25) is 0 Å². The summed E-state index contributed by atoms with van der Waals surface area (Å²) in [5.41, 5.74) is 3.36. The number of hydrazine groups is 1. The van der Waals surface area contributed by atoms with E-state index in [1.54, 1.807) is 0 Å². The number of anilines is 2. The van der Waals surface area contributed by atoms with Crippen molar-refractivity contribution in [3.63, 3.8) is 0 Å². The van der Waals surface area contributed by atoms with Gasteiger partial charge in [-0.15, -0.1) is 0 Å². The molecule has 2 aliphatic carbocycles. The number of hydrogen-bond donors (Lipinski definition) is 4. The average Bonchev–Trinajstić information content (AvgIpc) is 3.26. The Balaban J connectivity index is 1.93. The summed E-state index contributed by atoms with van der Waals surface area (Å²) in [6, 6.07) is 0. The van der Waals surface area contributed by atoms with E-state index >= 15 is 0 Å². The molecule has 0 radical (unpaired) electrons. The Hall–Kier alpha value is -1.40. The van der Waals surface area contributed by atoms with Crippen LogP contribution in [0.4, 0.5) is 11.6 Å². The highest BCUT2D eigenvalue weighted by Crippen LogP contribution is 2.42. The number of aliphatic hydroxyl groups excluding tert-OH is 1. The van der Waals surface area contributed by atoms with Crippen LogP contribution in [0, 0.1) is 6.92 Å². The molecule has 3 rings (SSSR count). The van der Waals surface area contributed by atoms with E-state index in [9.17, 15) is 5.11 Å². The maximum Gasteiger partial charge on any atom is 0.148 e. The largest absolute Gasteiger partial charge is 0.394 e. The Morgan fingerprint density at radius 1 is 1.33 bits per heavy atom. The molecule has 0 aromatic carbocycles. The average molecular weight is 249 g/mol. The Labute approximate surface area is 106 Å². The van der Waals surface area contributed by atoms with Crippen molar-refractivity contribution >= 4 is 11.6 Å². The van der Waals surface area contributed by atoms with Crippen LogP contribution >= 0.6 is 0 Å². The van der Waals surface area contributed by atoms with Crippen LogP contribution in [-0.4, -0.2) is 27.2 Å². The van der Waals surface area contributed by atoms with Gasteiger partial charge >= 0.3 is 0 Å². The van der Waals surface area contributed by atoms with E-state index in [0.29, 0.717) is 11.7 Å². The summed E-state index contributed by atoms with van der Waals surface area (Å²) >= 11 is 0. The van der Waals surface area contributed by atoms with Crippen LogP contribution in [0.25, 0.3) is 0 Å². The fraction of sp³-hybridized carbons (Fsp3) is 0.667. The molecular formula is C12H19N5O. The lowest BCUT2D eigenvalue weighted by Crippen LogP contribution is -2.27. The van der Waals surface area contributed by atoms with E-state index in [0.717, 1.165) is 42.9 Å². The smallest absolute Gasteiger partial charge is 0.148 e. The quantitative estimate of drug-likeness (QED) is 0.457. The van der Waals surface area contributed by atoms with Gasteiger partial charge < -0.3 is 15.8 Å². The standard InChI is InChI=1S/C12H19N5O/c1-7-9(16-12(6-18)4-5-12)14-11(8-2-3-8)15-10(7)17-13/h8,18H,2-6,13H2,1H3,(H2,14,15,16,17). The van der Waals surface area contributed by atoms with Gasteiger partial charge in [0.25, 0.3) is 0 Å². The second kappa shape index (κ2) is 4.07. The highest BCUT2D eigenvalue weighted by molar-refractivity contribution is 5.58. The molecule has 2 saturated carbocycles. The van der Waals surface area contributed by atoms with Crippen LogP contribution in [0.15, 0.2) is 0 Å². The number of nitrogens with zero attached hydrogens (tertiary/aromatic N) is 2. The third kappa shape index (κ3) is 2.02. The number of nitrogens with one attached hydrogen (secondary N) is 2. The fourth-order valence-corrected chi connectivity index (χ4v) is 2.04. The Kier molecular flexibility index (Phi) is 2.64. The predicted octanol–water partition coefficient (Wildman–Crippen LogP) is 0.885. The van der Waals surface area contributed by atoms with Gasteiger partial charge in [-0.1, -0.05) is 0 Å². The monoisotopic (exact) mass is 249 g/mol. The molecule has 0 amide bonds. The second-order valence-corrected chi connectivity index (χ2v) is 5.39. The Morgan fingerprint density at radius 3 is 2.50 bits per heavy atom. The van der Waals surface area contributed by atoms with Crippen molar-refractivity contribution in [3.8, 4) is 0 Å². The van der Waals surface area contributed by atoms with Crippen LogP contribution in [-0.2, 0) is 0 Å². The number of nitrogen functional groups attached to an aromatic ring is 1. The zero-order valence-corrected chi connectivity index (χ0v) is 10.5. The fourth-order valence-electron chi connectivity index (χ4n) is 2.04. The lowest BCUT2D eigenvalue weighted by Gasteiger charge is -2.19. The minimum atomic E-state index is -0.175. The van der Waals surface area contributed by atoms with E-state index in [1.807, 2.05) is 6.92 Å². The molecule has 2 fully saturated rings. The SMILES string of the molecule is Cc1c(NN)nc(C2CC2)nc1NC1(CO)CC1. The normalized spacial score (nSPS) is 20.6. The summed E-state index contributed by atoms with van der Waals surface area (Å²) in [4.78, 5) is 9.03. The van der Waals surface area contributed by atoms with Gasteiger partial charge in [0, 0.05) is 11.5 Å². The Bertz CT molecular complexity index is 468. The van der Waals surface area contributed by atoms with Crippen molar-refractivity contribution in [2.75, 3.05) is 17.3 Å². The summed E-state index contributed by atoms with van der Waals surface area (Å²) in [6.45, 7) is 2.07. The number of hydrogen-bond acceptors (Lipinski definition) is 6. The first kappa shape index (κ1) is 11.7. The molecule has 1 heterocycles. The summed E-state index contributed by atoms with van der Waals surface area (Å²) in [7, 11) is 0. The molecule has 0 spiro atoms. The van der Waals surface area contributed by atoms with Gasteiger partial charge in [0.15, 0.2) is 0 Å². The molecule has 0 aliphatic heterocycles. The molecule has 0 bridgehead atoms. The lowest BCUT2D eigenvalue weighted by atomic mass is 10.2. The van der Waals surface area contributed by atoms with Crippen molar-refractivity contribution in [2.24, 2.45) is 5.84 Å². The van der Waals surface area contributed by atoms with Crippen molar-refractivity contribution in [2.45, 2.75) is 44.1 Å². The van der Waals surface area contributed by atoms with Gasteiger partial charge in [-0.3, -0.25) is 0 Å². The van der Waals surface area contributed by atoms with Gasteiger partial charge in [0.2, 0.25) is 0 Å². The van der Waals surface area contributed by atoms with Gasteiger partial charge in [-0.05, 0) is 32.6 Å². The number of rotatable bonds is 5. The lowest BCUT2D eigenvalue weighted by molar-refractivity contribution is 0.266. The van der Waals surface area contributed by atoms with Gasteiger partial charge in [0.05, 0.1) is 12.1 Å². The van der Waals surface area contributed by atoms with E-state index in [1.165, 1.54) is 0 Å². The van der Waals surface area contributed by atoms with Crippen LogP contribution in [0.5, 0.6) is 0 Å². The first-order valence-electron chi connectivity index (χ1n) is 6.42. The first-order chi connectivity index (χ1) is 8.67. The molecule has 98 valence electrons. The van der Waals surface area contributed by atoms with E-state index in [4.69, 9.17) is 5.84 Å². The van der Waals surface area contributed by atoms with E-state index in [-0.39, 0.29) is 12.1 Å². The number of aliphatic hydroxyl groups is 1. The maximum absolute atomic E-state index is 9.38. The molecule has 0 unspecified atom stereocenters. The van der Waals surface area contributed by atoms with Gasteiger partial charge in [0.1, 0.15) is 17.5 Å². The van der Waals surface area contributed by atoms with Crippen molar-refractivity contribution < 1.29 is 5.11 Å². The summed E-state index contributed by atoms with van der Waals surface area (Å²) in [6.07, 6.45) is 4.27. The molecule has 6 heteroatoms. The van der Waals surface area contributed by atoms with Crippen molar-refractivity contribution in [1.29, 1.82) is 0 Å². The second-order valence-electron chi connectivity index (χ2n) is 5.39. The van der Waals surface area contributed by atoms with E-state index in [2.05, 4.69) is 20.7 Å². The zero-order valence-electron chi connectivity index (χ0n) is 10.5. The molecule has 0 atom stereocenters. The maximum atomic E-state index is 9.38. The van der Waals surface area contributed by atoms with Gasteiger partial charge in [-0.25, -0.2) is 15.8 Å². The predicted molar refractivity (Wildman–Crippen MR) is 69.2 cm³/mol. The highest BCUT2D eigenvalue weighted by Gasteiger charge is 2.43. The number of aromatic nitrogens is 2. The van der Waals surface area contributed by atoms with Crippen LogP contribution < -0.4 is 16.6 Å². The van der Waals surface area contributed by atoms with Crippen molar-refractivity contribution in [1.82, 2.24) is 9.97 Å². The Morgan fingerprint density at radius 2 is 2.00 bits per heavy atom. The van der Waals surface area contributed by atoms with Crippen LogP contribution in [0.3, 0.4) is 0 Å². The van der Waals surface area contributed by atoms with Crippen LogP contribution in [0.1, 0.15) is 43.0 Å². The first-order valence-corrected chi connectivity index (χ1v) is 6.42. The third-order valence-electron chi connectivity index (χ3n) is 3.78. The third-order valence-corrected chi connectivity index (χ3v) is 3.78. The minimum Gasteiger partial charge on any atom is -0.394 e. The molecule has 5 N–H and O–H groups in total. The molecular weight excluding hydrogens is 230 g/mol. The summed E-state index contributed by atoms with van der Waals surface area (Å²) < 4.78 is 0. The van der Waals surface area contributed by atoms with Gasteiger partial charge in [-0.2, -0.15) is 0 Å². The van der Waals surface area contributed by atoms with E-state index < -0.39 is 0 Å².